The average Bonchev–Trinajstić information content (AvgIpc) is 3.83. The van der Waals surface area contributed by atoms with Crippen LogP contribution in [-0.2, 0) is 16.0 Å². The summed E-state index contributed by atoms with van der Waals surface area (Å²) in [6.07, 6.45) is 2.01. The van der Waals surface area contributed by atoms with E-state index in [-0.39, 0.29) is 24.2 Å². The Morgan fingerprint density at radius 2 is 1.85 bits per heavy atom. The van der Waals surface area contributed by atoms with Gasteiger partial charge in [-0.15, -0.1) is 11.3 Å². The van der Waals surface area contributed by atoms with Crippen molar-refractivity contribution in [2.24, 2.45) is 0 Å². The highest BCUT2D eigenvalue weighted by Crippen LogP contribution is 2.49. The second kappa shape index (κ2) is 16.8. The molecule has 7 rings (SSSR count). The molecule has 2 saturated heterocycles. The number of fused-ring (bicyclic) bond motifs is 1. The Morgan fingerprint density at radius 1 is 1.06 bits per heavy atom. The normalized spacial score (nSPS) is 17.2. The van der Waals surface area contributed by atoms with E-state index in [4.69, 9.17) is 30.5 Å². The Labute approximate surface area is 317 Å². The van der Waals surface area contributed by atoms with Crippen LogP contribution in [0.3, 0.4) is 0 Å². The number of carbonyl (C=O) groups is 1. The van der Waals surface area contributed by atoms with Crippen molar-refractivity contribution in [1.82, 2.24) is 19.8 Å². The van der Waals surface area contributed by atoms with Crippen molar-refractivity contribution < 1.29 is 33.2 Å². The summed E-state index contributed by atoms with van der Waals surface area (Å²) in [7, 11) is 2.13. The highest BCUT2D eigenvalue weighted by Gasteiger charge is 2.28. The van der Waals surface area contributed by atoms with E-state index >= 15 is 0 Å². The van der Waals surface area contributed by atoms with Crippen LogP contribution in [0.15, 0.2) is 67.0 Å². The maximum Gasteiger partial charge on any atom is 0.345 e. The monoisotopic (exact) mass is 760 g/mol. The molecule has 2 atom stereocenters. The average molecular weight is 761 g/mol. The summed E-state index contributed by atoms with van der Waals surface area (Å²) in [5.74, 6) is -0.247. The van der Waals surface area contributed by atoms with E-state index in [1.165, 1.54) is 29.8 Å². The van der Waals surface area contributed by atoms with Gasteiger partial charge in [0.25, 0.3) is 0 Å². The van der Waals surface area contributed by atoms with Crippen LogP contribution in [0.2, 0.25) is 5.02 Å². The molecule has 2 aliphatic rings. The number of nitrogens with zero attached hydrogens (tertiary/aromatic N) is 4. The van der Waals surface area contributed by atoms with Crippen molar-refractivity contribution in [3.8, 4) is 38.9 Å². The number of hydrogen-bond acceptors (Lipinski definition) is 10. The number of aliphatic carboxylic acids is 1. The second-order valence-corrected chi connectivity index (χ2v) is 14.8. The van der Waals surface area contributed by atoms with Gasteiger partial charge in [0.05, 0.1) is 16.5 Å². The van der Waals surface area contributed by atoms with Crippen LogP contribution in [0.25, 0.3) is 31.8 Å². The van der Waals surface area contributed by atoms with Gasteiger partial charge in [-0.05, 0) is 73.3 Å². The van der Waals surface area contributed by atoms with Crippen molar-refractivity contribution >= 4 is 39.1 Å². The first kappa shape index (κ1) is 37.0. The molecule has 2 fully saturated rings. The summed E-state index contributed by atoms with van der Waals surface area (Å²) in [6, 6.07) is 17.4. The summed E-state index contributed by atoms with van der Waals surface area (Å²) < 4.78 is 38.4. The minimum absolute atomic E-state index is 0.0101. The van der Waals surface area contributed by atoms with E-state index in [0.717, 1.165) is 67.1 Å². The number of benzene rings is 3. The lowest BCUT2D eigenvalue weighted by atomic mass is 9.96. The van der Waals surface area contributed by atoms with Crippen LogP contribution in [0.5, 0.6) is 17.4 Å². The Kier molecular flexibility index (Phi) is 11.7. The topological polar surface area (TPSA) is 106 Å². The van der Waals surface area contributed by atoms with Gasteiger partial charge in [-0.3, -0.25) is 4.90 Å². The lowest BCUT2D eigenvalue weighted by Gasteiger charge is -2.32. The third-order valence-corrected chi connectivity index (χ3v) is 11.4. The lowest BCUT2D eigenvalue weighted by molar-refractivity contribution is -0.145. The SMILES string of the molecule is Cc1c(-c2c(-c3ccc(F)cc3)sc3ncnc(O[C@H](Cc4ccccc4OC[C@H]4CCCO4)C(=O)O)c23)ccc(OCCN2CCN(C)CC2)c1Cl. The zero-order chi connectivity index (χ0) is 36.9. The van der Waals surface area contributed by atoms with Gasteiger partial charge in [-0.25, -0.2) is 19.2 Å². The first-order chi connectivity index (χ1) is 25.7. The molecule has 2 aliphatic heterocycles. The zero-order valence-corrected chi connectivity index (χ0v) is 31.3. The minimum Gasteiger partial charge on any atom is -0.491 e. The summed E-state index contributed by atoms with van der Waals surface area (Å²) in [4.78, 5) is 27.9. The Bertz CT molecular complexity index is 2050. The number of para-hydroxylation sites is 1. The Hall–Kier alpha value is -4.33. The molecule has 4 heterocycles. The fraction of sp³-hybridized carbons (Fsp3) is 0.375. The third kappa shape index (κ3) is 8.58. The lowest BCUT2D eigenvalue weighted by Crippen LogP contribution is -2.45. The summed E-state index contributed by atoms with van der Waals surface area (Å²) in [6.45, 7) is 8.35. The molecule has 10 nitrogen and oxygen atoms in total. The minimum atomic E-state index is -1.30. The fourth-order valence-electron chi connectivity index (χ4n) is 6.74. The summed E-state index contributed by atoms with van der Waals surface area (Å²) >= 11 is 8.40. The molecule has 53 heavy (non-hydrogen) atoms. The van der Waals surface area contributed by atoms with Crippen LogP contribution < -0.4 is 14.2 Å². The zero-order valence-electron chi connectivity index (χ0n) is 29.7. The number of halogens is 2. The predicted molar refractivity (Wildman–Crippen MR) is 204 cm³/mol. The molecule has 2 aromatic heterocycles. The molecule has 0 saturated carbocycles. The van der Waals surface area contributed by atoms with E-state index in [1.807, 2.05) is 43.3 Å². The molecule has 3 aromatic carbocycles. The summed E-state index contributed by atoms with van der Waals surface area (Å²) in [5, 5.41) is 11.4. The van der Waals surface area contributed by atoms with Crippen molar-refractivity contribution in [3.05, 3.63) is 89.0 Å². The molecular formula is C40H42ClFN4O6S. The number of carboxylic acids is 1. The van der Waals surface area contributed by atoms with Crippen LogP contribution in [-0.4, -0.2) is 103 Å². The Balaban J connectivity index is 1.22. The molecular weight excluding hydrogens is 719 g/mol. The smallest absolute Gasteiger partial charge is 0.345 e. The number of piperazine rings is 1. The quantitative estimate of drug-likeness (QED) is 0.123. The van der Waals surface area contributed by atoms with Gasteiger partial charge < -0.3 is 29.0 Å². The van der Waals surface area contributed by atoms with Crippen LogP contribution in [0.4, 0.5) is 4.39 Å². The molecule has 0 spiro atoms. The van der Waals surface area contributed by atoms with Gasteiger partial charge in [-0.1, -0.05) is 48.0 Å². The third-order valence-electron chi connectivity index (χ3n) is 9.80. The number of rotatable bonds is 14. The van der Waals surface area contributed by atoms with Gasteiger partial charge in [0.1, 0.15) is 41.7 Å². The number of ether oxygens (including phenoxy) is 4. The largest absolute Gasteiger partial charge is 0.491 e. The van der Waals surface area contributed by atoms with Crippen LogP contribution >= 0.6 is 22.9 Å². The van der Waals surface area contributed by atoms with Gasteiger partial charge in [0.2, 0.25) is 12.0 Å². The van der Waals surface area contributed by atoms with E-state index in [2.05, 4.69) is 26.8 Å². The number of hydrogen-bond donors (Lipinski definition) is 1. The number of aromatic nitrogens is 2. The van der Waals surface area contributed by atoms with Gasteiger partial charge in [0.15, 0.2) is 0 Å². The molecule has 1 N–H and O–H groups in total. The van der Waals surface area contributed by atoms with E-state index in [9.17, 15) is 14.3 Å². The van der Waals surface area contributed by atoms with E-state index < -0.39 is 12.1 Å². The first-order valence-electron chi connectivity index (χ1n) is 17.8. The molecule has 0 unspecified atom stereocenters. The molecule has 13 heteroatoms. The first-order valence-corrected chi connectivity index (χ1v) is 19.0. The molecule has 278 valence electrons. The van der Waals surface area contributed by atoms with E-state index in [0.29, 0.717) is 57.7 Å². The second-order valence-electron chi connectivity index (χ2n) is 13.4. The van der Waals surface area contributed by atoms with Gasteiger partial charge in [-0.2, -0.15) is 0 Å². The highest BCUT2D eigenvalue weighted by atomic mass is 35.5. The van der Waals surface area contributed by atoms with Crippen molar-refractivity contribution in [2.75, 3.05) is 59.6 Å². The number of likely N-dealkylation sites (N-methyl/N-ethyl adjacent to an activating group) is 1. The van der Waals surface area contributed by atoms with E-state index in [1.54, 1.807) is 12.1 Å². The maximum absolute atomic E-state index is 14.1. The fourth-order valence-corrected chi connectivity index (χ4v) is 8.11. The molecule has 0 radical (unpaired) electrons. The summed E-state index contributed by atoms with van der Waals surface area (Å²) in [5.41, 5.74) is 3.68. The molecule has 0 amide bonds. The van der Waals surface area contributed by atoms with Crippen molar-refractivity contribution in [2.45, 2.75) is 38.4 Å². The number of carboxylic acid groups (broad SMARTS) is 1. The van der Waals surface area contributed by atoms with Crippen molar-refractivity contribution in [3.63, 3.8) is 0 Å². The molecule has 5 aromatic rings. The highest BCUT2D eigenvalue weighted by molar-refractivity contribution is 7.22. The Morgan fingerprint density at radius 3 is 2.60 bits per heavy atom. The number of thiophene rings is 1. The van der Waals surface area contributed by atoms with Crippen molar-refractivity contribution in [1.29, 1.82) is 0 Å². The molecule has 0 aliphatic carbocycles. The maximum atomic E-state index is 14.1. The molecule has 0 bridgehead atoms. The van der Waals surface area contributed by atoms with Crippen LogP contribution in [0, 0.1) is 12.7 Å². The predicted octanol–water partition coefficient (Wildman–Crippen LogP) is 7.38. The van der Waals surface area contributed by atoms with Crippen LogP contribution in [0.1, 0.15) is 24.0 Å². The van der Waals surface area contributed by atoms with Gasteiger partial charge >= 0.3 is 5.97 Å². The van der Waals surface area contributed by atoms with Gasteiger partial charge in [0, 0.05) is 56.2 Å². The standard InChI is InChI=1S/C40H42ClFN4O6S/c1-25-30(13-14-32(36(25)41)50-21-19-46-17-15-45(2)16-18-46)34-35-38(43-24-44-39(35)53-37(34)26-9-11-28(42)12-10-26)52-33(40(47)48)22-27-6-3-4-8-31(27)51-23-29-7-5-20-49-29/h3-4,6,8-14,24,29,33H,5,7,15-23H2,1-2H3,(H,47,48)/t29-,33-/m1/s1.